The number of ether oxygens (including phenoxy) is 5. The molecule has 30 heavy (non-hydrogen) atoms. The van der Waals surface area contributed by atoms with Crippen molar-refractivity contribution >= 4 is 34.2 Å². The van der Waals surface area contributed by atoms with Crippen molar-refractivity contribution in [2.24, 2.45) is 0 Å². The van der Waals surface area contributed by atoms with Crippen LogP contribution in [0.2, 0.25) is 0 Å². The molecule has 0 saturated heterocycles. The smallest absolute Gasteiger partial charge is 0.351 e. The topological polar surface area (TPSA) is 123 Å². The van der Waals surface area contributed by atoms with Crippen LogP contribution in [0, 0.1) is 0 Å². The Labute approximate surface area is 176 Å². The lowest BCUT2D eigenvalue weighted by Crippen LogP contribution is -2.37. The van der Waals surface area contributed by atoms with E-state index in [1.165, 1.54) is 0 Å². The number of benzene rings is 1. The van der Waals surface area contributed by atoms with Gasteiger partial charge >= 0.3 is 17.9 Å². The minimum atomic E-state index is -0.993. The second kappa shape index (κ2) is 9.49. The first-order chi connectivity index (χ1) is 14.5. The van der Waals surface area contributed by atoms with E-state index in [0.717, 1.165) is 11.3 Å². The summed E-state index contributed by atoms with van der Waals surface area (Å²) in [4.78, 5) is 37.2. The maximum atomic E-state index is 12.5. The van der Waals surface area contributed by atoms with Crippen LogP contribution in [0.25, 0.3) is 0 Å². The number of esters is 3. The largest absolute Gasteiger partial charge is 0.485 e. The Bertz CT molecular complexity index is 954. The van der Waals surface area contributed by atoms with Crippen LogP contribution >= 0.6 is 11.3 Å². The van der Waals surface area contributed by atoms with Gasteiger partial charge in [-0.15, -0.1) is 11.3 Å². The standard InChI is InChI=1S/C20H21NO8S/c1-3-25-19(23)15-11(16(30-17(15)21)20(24)26-4-2)9-28-18(22)14-10-27-12-7-5-6-8-13(12)29-14/h5-8,14H,3-4,9-10,21H2,1-2H3/t14-/m0/s1. The first kappa shape index (κ1) is 21.4. The lowest BCUT2D eigenvalue weighted by Gasteiger charge is -2.25. The number of nitrogen functional groups attached to an aromatic ring is 1. The molecule has 2 N–H and O–H groups in total. The van der Waals surface area contributed by atoms with Gasteiger partial charge in [0.05, 0.1) is 13.2 Å². The van der Waals surface area contributed by atoms with Gasteiger partial charge < -0.3 is 29.4 Å². The highest BCUT2D eigenvalue weighted by Gasteiger charge is 2.32. The molecule has 0 fully saturated rings. The number of rotatable bonds is 7. The van der Waals surface area contributed by atoms with Gasteiger partial charge in [0.15, 0.2) is 11.5 Å². The predicted molar refractivity (Wildman–Crippen MR) is 107 cm³/mol. The summed E-state index contributed by atoms with van der Waals surface area (Å²) >= 11 is 0.876. The van der Waals surface area contributed by atoms with E-state index in [2.05, 4.69) is 0 Å². The predicted octanol–water partition coefficient (Wildman–Crippen LogP) is 2.57. The first-order valence-electron chi connectivity index (χ1n) is 9.26. The maximum Gasteiger partial charge on any atom is 0.351 e. The van der Waals surface area contributed by atoms with E-state index < -0.39 is 24.0 Å². The molecule has 0 saturated carbocycles. The fourth-order valence-corrected chi connectivity index (χ4v) is 3.74. The van der Waals surface area contributed by atoms with Gasteiger partial charge in [0.25, 0.3) is 0 Å². The van der Waals surface area contributed by atoms with Crippen molar-refractivity contribution in [2.45, 2.75) is 26.6 Å². The fraction of sp³-hybridized carbons (Fsp3) is 0.350. The SMILES string of the molecule is CCOC(=O)c1sc(N)c(C(=O)OCC)c1COC(=O)[C@@H]1COc2ccccc2O1. The molecular weight excluding hydrogens is 414 g/mol. The zero-order valence-corrected chi connectivity index (χ0v) is 17.3. The third-order valence-electron chi connectivity index (χ3n) is 4.10. The minimum Gasteiger partial charge on any atom is -0.485 e. The zero-order valence-electron chi connectivity index (χ0n) is 16.5. The summed E-state index contributed by atoms with van der Waals surface area (Å²) in [6.45, 7) is 3.14. The molecular formula is C20H21NO8S. The van der Waals surface area contributed by atoms with E-state index in [1.807, 2.05) is 0 Å². The van der Waals surface area contributed by atoms with Crippen LogP contribution in [0.3, 0.4) is 0 Å². The Hall–Kier alpha value is -3.27. The van der Waals surface area contributed by atoms with Crippen LogP contribution < -0.4 is 15.2 Å². The Morgan fingerprint density at radius 3 is 2.43 bits per heavy atom. The lowest BCUT2D eigenvalue weighted by molar-refractivity contribution is -0.155. The Morgan fingerprint density at radius 2 is 1.73 bits per heavy atom. The van der Waals surface area contributed by atoms with Crippen LogP contribution in [0.5, 0.6) is 11.5 Å². The number of hydrogen-bond donors (Lipinski definition) is 1. The Morgan fingerprint density at radius 1 is 1.07 bits per heavy atom. The molecule has 1 aliphatic heterocycles. The molecule has 1 aromatic heterocycles. The highest BCUT2D eigenvalue weighted by molar-refractivity contribution is 7.18. The van der Waals surface area contributed by atoms with Crippen molar-refractivity contribution in [3.8, 4) is 11.5 Å². The van der Waals surface area contributed by atoms with E-state index in [9.17, 15) is 14.4 Å². The third kappa shape index (κ3) is 4.48. The fourth-order valence-electron chi connectivity index (χ4n) is 2.78. The zero-order chi connectivity index (χ0) is 21.7. The molecule has 1 aromatic carbocycles. The molecule has 0 amide bonds. The summed E-state index contributed by atoms with van der Waals surface area (Å²) in [6.07, 6.45) is -0.993. The van der Waals surface area contributed by atoms with Crippen molar-refractivity contribution < 1.29 is 38.1 Å². The molecule has 0 bridgehead atoms. The van der Waals surface area contributed by atoms with Gasteiger partial charge in [-0.05, 0) is 26.0 Å². The Balaban J connectivity index is 1.78. The molecule has 3 rings (SSSR count). The number of fused-ring (bicyclic) bond motifs is 1. The maximum absolute atomic E-state index is 12.5. The van der Waals surface area contributed by atoms with E-state index >= 15 is 0 Å². The quantitative estimate of drug-likeness (QED) is 0.516. The molecule has 9 nitrogen and oxygen atoms in total. The number of hydrogen-bond acceptors (Lipinski definition) is 10. The first-order valence-corrected chi connectivity index (χ1v) is 10.1. The van der Waals surface area contributed by atoms with Crippen LogP contribution in [0.15, 0.2) is 24.3 Å². The number of carbonyl (C=O) groups is 3. The number of thiophene rings is 1. The molecule has 2 aromatic rings. The molecule has 0 spiro atoms. The average molecular weight is 435 g/mol. The molecule has 160 valence electrons. The molecule has 10 heteroatoms. The summed E-state index contributed by atoms with van der Waals surface area (Å²) in [5.41, 5.74) is 6.06. The third-order valence-corrected chi connectivity index (χ3v) is 5.15. The van der Waals surface area contributed by atoms with Crippen LogP contribution in [0.1, 0.15) is 39.4 Å². The van der Waals surface area contributed by atoms with Crippen molar-refractivity contribution in [1.82, 2.24) is 0 Å². The van der Waals surface area contributed by atoms with Crippen LogP contribution in [-0.2, 0) is 25.6 Å². The summed E-state index contributed by atoms with van der Waals surface area (Å²) in [6, 6.07) is 6.94. The number of carbonyl (C=O) groups excluding carboxylic acids is 3. The van der Waals surface area contributed by atoms with Gasteiger partial charge in [0.1, 0.15) is 28.7 Å². The van der Waals surface area contributed by atoms with E-state index in [4.69, 9.17) is 29.4 Å². The highest BCUT2D eigenvalue weighted by Crippen LogP contribution is 2.34. The summed E-state index contributed by atoms with van der Waals surface area (Å²) in [5, 5.41) is 0.0775. The number of anilines is 1. The van der Waals surface area contributed by atoms with Gasteiger partial charge in [0.2, 0.25) is 6.10 Å². The lowest BCUT2D eigenvalue weighted by atomic mass is 10.1. The van der Waals surface area contributed by atoms with Crippen LogP contribution in [-0.4, -0.2) is 43.8 Å². The van der Waals surface area contributed by atoms with Gasteiger partial charge in [-0.25, -0.2) is 14.4 Å². The van der Waals surface area contributed by atoms with Crippen molar-refractivity contribution in [3.05, 3.63) is 40.3 Å². The summed E-state index contributed by atoms with van der Waals surface area (Å²) in [5.74, 6) is -1.13. The second-order valence-electron chi connectivity index (χ2n) is 6.06. The molecule has 1 atom stereocenters. The molecule has 1 aliphatic rings. The Kier molecular flexibility index (Phi) is 6.78. The molecule has 0 aliphatic carbocycles. The minimum absolute atomic E-state index is 0.0103. The summed E-state index contributed by atoms with van der Waals surface area (Å²) < 4.78 is 26.5. The van der Waals surface area contributed by atoms with E-state index in [1.54, 1.807) is 38.1 Å². The molecule has 2 heterocycles. The highest BCUT2D eigenvalue weighted by atomic mass is 32.1. The van der Waals surface area contributed by atoms with Gasteiger partial charge in [-0.1, -0.05) is 12.1 Å². The molecule has 0 unspecified atom stereocenters. The summed E-state index contributed by atoms with van der Waals surface area (Å²) in [7, 11) is 0. The van der Waals surface area contributed by atoms with Gasteiger partial charge in [-0.2, -0.15) is 0 Å². The van der Waals surface area contributed by atoms with Crippen molar-refractivity contribution in [2.75, 3.05) is 25.6 Å². The second-order valence-corrected chi connectivity index (χ2v) is 7.11. The number of nitrogens with two attached hydrogens (primary N) is 1. The van der Waals surface area contributed by atoms with E-state index in [0.29, 0.717) is 11.5 Å². The van der Waals surface area contributed by atoms with Crippen molar-refractivity contribution in [1.29, 1.82) is 0 Å². The van der Waals surface area contributed by atoms with Gasteiger partial charge in [-0.3, -0.25) is 0 Å². The monoisotopic (exact) mass is 435 g/mol. The molecule has 0 radical (unpaired) electrons. The number of para-hydroxylation sites is 2. The van der Waals surface area contributed by atoms with Gasteiger partial charge in [0, 0.05) is 5.56 Å². The van der Waals surface area contributed by atoms with Crippen molar-refractivity contribution in [3.63, 3.8) is 0 Å². The average Bonchev–Trinajstić information content (AvgIpc) is 3.08. The van der Waals surface area contributed by atoms with Crippen LogP contribution in [0.4, 0.5) is 5.00 Å². The van der Waals surface area contributed by atoms with E-state index in [-0.39, 0.29) is 47.4 Å². The normalized spacial score (nSPS) is 14.7.